The largest absolute Gasteiger partial charge is 0.496 e. The lowest BCUT2D eigenvalue weighted by Gasteiger charge is -2.15. The molecule has 0 saturated heterocycles. The molecule has 1 N–H and O–H groups in total. The Morgan fingerprint density at radius 1 is 1.18 bits per heavy atom. The third-order valence-electron chi connectivity index (χ3n) is 3.09. The lowest BCUT2D eigenvalue weighted by molar-refractivity contribution is 0.414. The summed E-state index contributed by atoms with van der Waals surface area (Å²) in [6.45, 7) is 0.675. The number of ether oxygens (including phenoxy) is 1. The fourth-order valence-electron chi connectivity index (χ4n) is 1.86. The van der Waals surface area contributed by atoms with Gasteiger partial charge in [0.05, 0.1) is 13.3 Å². The smallest absolute Gasteiger partial charge is 0.189 e. The molecule has 0 unspecified atom stereocenters. The Kier molecular flexibility index (Phi) is 5.91. The molecule has 4 nitrogen and oxygen atoms in total. The normalized spacial score (nSPS) is 10.5. The van der Waals surface area contributed by atoms with Gasteiger partial charge in [0.15, 0.2) is 5.11 Å². The second-order valence-corrected chi connectivity index (χ2v) is 5.04. The molecule has 0 radical (unpaired) electrons. The zero-order chi connectivity index (χ0) is 15.8. The van der Waals surface area contributed by atoms with Crippen LogP contribution in [-0.4, -0.2) is 30.5 Å². The number of methoxy groups -OCH3 is 1. The molecule has 0 aliphatic heterocycles. The van der Waals surface area contributed by atoms with Gasteiger partial charge in [0.1, 0.15) is 5.75 Å². The number of para-hydroxylation sites is 1. The average Bonchev–Trinajstić information content (AvgIpc) is 2.58. The highest BCUT2D eigenvalue weighted by Crippen LogP contribution is 2.14. The number of rotatable bonds is 5. The van der Waals surface area contributed by atoms with Gasteiger partial charge in [0, 0.05) is 19.2 Å². The van der Waals surface area contributed by atoms with Crippen molar-refractivity contribution < 1.29 is 4.74 Å². The topological polar surface area (TPSA) is 36.9 Å². The molecule has 0 fully saturated rings. The van der Waals surface area contributed by atoms with Crippen LogP contribution in [-0.2, 0) is 6.54 Å². The molecule has 0 spiro atoms. The van der Waals surface area contributed by atoms with Gasteiger partial charge < -0.3 is 10.1 Å². The Balaban J connectivity index is 1.92. The summed E-state index contributed by atoms with van der Waals surface area (Å²) in [5.41, 5.74) is 2.08. The minimum Gasteiger partial charge on any atom is -0.496 e. The van der Waals surface area contributed by atoms with E-state index in [0.29, 0.717) is 11.7 Å². The van der Waals surface area contributed by atoms with Crippen LogP contribution in [0.5, 0.6) is 5.75 Å². The van der Waals surface area contributed by atoms with Gasteiger partial charge in [-0.2, -0.15) is 5.10 Å². The van der Waals surface area contributed by atoms with Gasteiger partial charge in [0.2, 0.25) is 0 Å². The van der Waals surface area contributed by atoms with Gasteiger partial charge in [-0.1, -0.05) is 42.5 Å². The molecular formula is C17H19N3OS. The van der Waals surface area contributed by atoms with Gasteiger partial charge in [-0.25, -0.2) is 5.01 Å². The molecule has 0 saturated carbocycles. The van der Waals surface area contributed by atoms with Gasteiger partial charge in [0.25, 0.3) is 0 Å². The van der Waals surface area contributed by atoms with Gasteiger partial charge in [-0.3, -0.25) is 0 Å². The van der Waals surface area contributed by atoms with Gasteiger partial charge in [-0.15, -0.1) is 0 Å². The number of hydrazone groups is 1. The molecule has 0 amide bonds. The second kappa shape index (κ2) is 8.14. The minimum atomic E-state index is 0.565. The third kappa shape index (κ3) is 4.56. The van der Waals surface area contributed by atoms with E-state index >= 15 is 0 Å². The van der Waals surface area contributed by atoms with Crippen molar-refractivity contribution in [2.75, 3.05) is 14.2 Å². The van der Waals surface area contributed by atoms with E-state index in [1.165, 1.54) is 5.56 Å². The van der Waals surface area contributed by atoms with E-state index in [9.17, 15) is 0 Å². The van der Waals surface area contributed by atoms with E-state index in [0.717, 1.165) is 11.3 Å². The van der Waals surface area contributed by atoms with Crippen molar-refractivity contribution >= 4 is 23.5 Å². The molecule has 0 heterocycles. The highest BCUT2D eigenvalue weighted by Gasteiger charge is 2.03. The first-order chi connectivity index (χ1) is 10.7. The Labute approximate surface area is 136 Å². The molecule has 0 aromatic heterocycles. The zero-order valence-corrected chi connectivity index (χ0v) is 13.5. The Bertz CT molecular complexity index is 643. The molecule has 114 valence electrons. The maximum atomic E-state index is 5.32. The summed E-state index contributed by atoms with van der Waals surface area (Å²) in [7, 11) is 3.45. The molecule has 0 aliphatic rings. The summed E-state index contributed by atoms with van der Waals surface area (Å²) in [5.74, 6) is 0.780. The Hall–Kier alpha value is -2.40. The third-order valence-corrected chi connectivity index (χ3v) is 3.50. The van der Waals surface area contributed by atoms with E-state index in [1.807, 2.05) is 61.6 Å². The first-order valence-electron chi connectivity index (χ1n) is 6.93. The highest BCUT2D eigenvalue weighted by atomic mass is 32.1. The van der Waals surface area contributed by atoms with Crippen molar-refractivity contribution in [1.82, 2.24) is 10.3 Å². The fourth-order valence-corrected chi connectivity index (χ4v) is 1.98. The fraction of sp³-hybridized carbons (Fsp3) is 0.176. The van der Waals surface area contributed by atoms with Crippen LogP contribution >= 0.6 is 12.2 Å². The average molecular weight is 313 g/mol. The molecule has 22 heavy (non-hydrogen) atoms. The number of hydrogen-bond acceptors (Lipinski definition) is 3. The van der Waals surface area contributed by atoms with Crippen molar-refractivity contribution in [1.29, 1.82) is 0 Å². The minimum absolute atomic E-state index is 0.565. The van der Waals surface area contributed by atoms with Crippen molar-refractivity contribution in [2.45, 2.75) is 6.54 Å². The monoisotopic (exact) mass is 313 g/mol. The van der Waals surface area contributed by atoms with E-state index in [-0.39, 0.29) is 0 Å². The molecule has 5 heteroatoms. The SMILES string of the molecule is COc1ccccc1/C=N\N(C)C(=S)NCc1ccccc1. The van der Waals surface area contributed by atoms with Crippen LogP contribution in [0.25, 0.3) is 0 Å². The molecular weight excluding hydrogens is 294 g/mol. The van der Waals surface area contributed by atoms with Crippen LogP contribution in [0.2, 0.25) is 0 Å². The Morgan fingerprint density at radius 3 is 2.59 bits per heavy atom. The van der Waals surface area contributed by atoms with Crippen molar-refractivity contribution in [2.24, 2.45) is 5.10 Å². The summed E-state index contributed by atoms with van der Waals surface area (Å²) in [6, 6.07) is 17.8. The van der Waals surface area contributed by atoms with Gasteiger partial charge in [-0.05, 0) is 29.9 Å². The number of nitrogens with one attached hydrogen (secondary N) is 1. The highest BCUT2D eigenvalue weighted by molar-refractivity contribution is 7.80. The number of nitrogens with zero attached hydrogens (tertiary/aromatic N) is 2. The van der Waals surface area contributed by atoms with Crippen molar-refractivity contribution in [3.63, 3.8) is 0 Å². The summed E-state index contributed by atoms with van der Waals surface area (Å²) in [6.07, 6.45) is 1.73. The molecule has 0 aliphatic carbocycles. The van der Waals surface area contributed by atoms with E-state index in [2.05, 4.69) is 10.4 Å². The van der Waals surface area contributed by atoms with Crippen LogP contribution in [0.4, 0.5) is 0 Å². The van der Waals surface area contributed by atoms with Crippen molar-refractivity contribution in [3.8, 4) is 5.75 Å². The van der Waals surface area contributed by atoms with E-state index in [4.69, 9.17) is 17.0 Å². The molecule has 0 bridgehead atoms. The summed E-state index contributed by atoms with van der Waals surface area (Å²) in [4.78, 5) is 0. The quantitative estimate of drug-likeness (QED) is 0.523. The van der Waals surface area contributed by atoms with E-state index in [1.54, 1.807) is 18.3 Å². The standard InChI is InChI=1S/C17H19N3OS/c1-20(17(22)18-12-14-8-4-3-5-9-14)19-13-15-10-6-7-11-16(15)21-2/h3-11,13H,12H2,1-2H3,(H,18,22)/b19-13-. The zero-order valence-electron chi connectivity index (χ0n) is 12.7. The van der Waals surface area contributed by atoms with Crippen LogP contribution < -0.4 is 10.1 Å². The molecule has 2 aromatic carbocycles. The lowest BCUT2D eigenvalue weighted by Crippen LogP contribution is -2.33. The number of thiocarbonyl (C=S) groups is 1. The van der Waals surface area contributed by atoms with Crippen molar-refractivity contribution in [3.05, 3.63) is 65.7 Å². The van der Waals surface area contributed by atoms with Crippen LogP contribution in [0.15, 0.2) is 59.7 Å². The summed E-state index contributed by atoms with van der Waals surface area (Å²) < 4.78 is 5.29. The van der Waals surface area contributed by atoms with E-state index < -0.39 is 0 Å². The molecule has 2 rings (SSSR count). The van der Waals surface area contributed by atoms with Crippen LogP contribution in [0.3, 0.4) is 0 Å². The van der Waals surface area contributed by atoms with Crippen LogP contribution in [0, 0.1) is 0 Å². The first-order valence-corrected chi connectivity index (χ1v) is 7.34. The summed E-state index contributed by atoms with van der Waals surface area (Å²) in [5, 5.41) is 9.71. The number of benzene rings is 2. The van der Waals surface area contributed by atoms with Gasteiger partial charge >= 0.3 is 0 Å². The second-order valence-electron chi connectivity index (χ2n) is 4.65. The lowest BCUT2D eigenvalue weighted by atomic mass is 10.2. The number of hydrogen-bond donors (Lipinski definition) is 1. The molecule has 2 aromatic rings. The predicted octanol–water partition coefficient (Wildman–Crippen LogP) is 3.04. The summed E-state index contributed by atoms with van der Waals surface area (Å²) >= 11 is 5.32. The maximum absolute atomic E-state index is 5.32. The Morgan fingerprint density at radius 2 is 1.86 bits per heavy atom. The van der Waals surface area contributed by atoms with Crippen LogP contribution in [0.1, 0.15) is 11.1 Å². The maximum Gasteiger partial charge on any atom is 0.189 e. The first kappa shape index (κ1) is 16.0. The predicted molar refractivity (Wildman–Crippen MR) is 94.2 cm³/mol. The molecule has 0 atom stereocenters.